The maximum atomic E-state index is 8.65. The Kier molecular flexibility index (Phi) is 4.74. The number of rotatable bonds is 3. The summed E-state index contributed by atoms with van der Waals surface area (Å²) in [5.41, 5.74) is 1.78. The molecule has 0 bridgehead atoms. The highest BCUT2D eigenvalue weighted by atomic mass is 32.1. The molecule has 0 radical (unpaired) electrons. The van der Waals surface area contributed by atoms with Crippen molar-refractivity contribution in [3.63, 3.8) is 0 Å². The van der Waals surface area contributed by atoms with Crippen molar-refractivity contribution in [1.29, 1.82) is 5.26 Å². The van der Waals surface area contributed by atoms with E-state index in [1.165, 1.54) is 0 Å². The van der Waals surface area contributed by atoms with E-state index in [1.807, 2.05) is 26.0 Å². The van der Waals surface area contributed by atoms with Gasteiger partial charge in [-0.2, -0.15) is 5.26 Å². The van der Waals surface area contributed by atoms with Crippen LogP contribution in [0.5, 0.6) is 0 Å². The molecular formula is C12H15N3S. The second kappa shape index (κ2) is 6.09. The highest BCUT2D eigenvalue weighted by molar-refractivity contribution is 7.80. The molecule has 1 aromatic rings. The SMILES string of the molecule is CC(C)NC(=S)NCc1ccc(C#N)cc1. The molecule has 0 unspecified atom stereocenters. The van der Waals surface area contributed by atoms with Gasteiger partial charge in [0.2, 0.25) is 0 Å². The van der Waals surface area contributed by atoms with Gasteiger partial charge >= 0.3 is 0 Å². The van der Waals surface area contributed by atoms with E-state index in [2.05, 4.69) is 16.7 Å². The fraction of sp³-hybridized carbons (Fsp3) is 0.333. The molecule has 16 heavy (non-hydrogen) atoms. The first-order chi connectivity index (χ1) is 7.61. The minimum Gasteiger partial charge on any atom is -0.361 e. The van der Waals surface area contributed by atoms with E-state index in [0.717, 1.165) is 5.56 Å². The number of nitrogens with one attached hydrogen (secondary N) is 2. The minimum absolute atomic E-state index is 0.334. The van der Waals surface area contributed by atoms with Gasteiger partial charge in [0, 0.05) is 12.6 Å². The molecule has 1 rings (SSSR count). The van der Waals surface area contributed by atoms with Gasteiger partial charge in [-0.05, 0) is 43.8 Å². The first-order valence-corrected chi connectivity index (χ1v) is 5.56. The van der Waals surface area contributed by atoms with Gasteiger partial charge in [-0.15, -0.1) is 0 Å². The Morgan fingerprint density at radius 1 is 1.38 bits per heavy atom. The highest BCUT2D eigenvalue weighted by Gasteiger charge is 1.98. The number of hydrogen-bond donors (Lipinski definition) is 2. The average Bonchev–Trinajstić information content (AvgIpc) is 2.26. The number of benzene rings is 1. The zero-order valence-corrected chi connectivity index (χ0v) is 10.3. The van der Waals surface area contributed by atoms with Crippen LogP contribution in [0, 0.1) is 11.3 Å². The molecule has 84 valence electrons. The fourth-order valence-electron chi connectivity index (χ4n) is 1.19. The molecule has 0 aromatic heterocycles. The lowest BCUT2D eigenvalue weighted by molar-refractivity contribution is 0.712. The first-order valence-electron chi connectivity index (χ1n) is 5.15. The van der Waals surface area contributed by atoms with Crippen LogP contribution in [0.4, 0.5) is 0 Å². The van der Waals surface area contributed by atoms with Crippen molar-refractivity contribution in [2.45, 2.75) is 26.4 Å². The summed E-state index contributed by atoms with van der Waals surface area (Å²) in [6.07, 6.45) is 0. The van der Waals surface area contributed by atoms with Crippen LogP contribution < -0.4 is 10.6 Å². The first kappa shape index (κ1) is 12.5. The van der Waals surface area contributed by atoms with Crippen LogP contribution in [0.3, 0.4) is 0 Å². The van der Waals surface area contributed by atoms with Gasteiger partial charge in [-0.25, -0.2) is 0 Å². The summed E-state index contributed by atoms with van der Waals surface area (Å²) >= 11 is 5.10. The van der Waals surface area contributed by atoms with E-state index in [1.54, 1.807) is 12.1 Å². The topological polar surface area (TPSA) is 47.8 Å². The van der Waals surface area contributed by atoms with Crippen molar-refractivity contribution in [3.05, 3.63) is 35.4 Å². The van der Waals surface area contributed by atoms with Gasteiger partial charge < -0.3 is 10.6 Å². The van der Waals surface area contributed by atoms with Crippen molar-refractivity contribution in [2.75, 3.05) is 0 Å². The lowest BCUT2D eigenvalue weighted by Gasteiger charge is -2.12. The van der Waals surface area contributed by atoms with E-state index >= 15 is 0 Å². The Morgan fingerprint density at radius 3 is 2.50 bits per heavy atom. The second-order valence-corrected chi connectivity index (χ2v) is 4.20. The average molecular weight is 233 g/mol. The van der Waals surface area contributed by atoms with Gasteiger partial charge in [-0.1, -0.05) is 12.1 Å². The molecule has 4 heteroatoms. The van der Waals surface area contributed by atoms with Gasteiger partial charge in [0.15, 0.2) is 5.11 Å². The minimum atomic E-state index is 0.334. The van der Waals surface area contributed by atoms with E-state index in [0.29, 0.717) is 23.3 Å². The van der Waals surface area contributed by atoms with Crippen molar-refractivity contribution in [3.8, 4) is 6.07 Å². The van der Waals surface area contributed by atoms with Crippen molar-refractivity contribution in [1.82, 2.24) is 10.6 Å². The molecule has 0 aliphatic carbocycles. The lowest BCUT2D eigenvalue weighted by Crippen LogP contribution is -2.38. The van der Waals surface area contributed by atoms with Crippen molar-refractivity contribution in [2.24, 2.45) is 0 Å². The van der Waals surface area contributed by atoms with Gasteiger partial charge in [0.05, 0.1) is 11.6 Å². The fourth-order valence-corrected chi connectivity index (χ4v) is 1.50. The number of hydrogen-bond acceptors (Lipinski definition) is 2. The van der Waals surface area contributed by atoms with E-state index in [4.69, 9.17) is 17.5 Å². The maximum absolute atomic E-state index is 8.65. The summed E-state index contributed by atoms with van der Waals surface area (Å²) in [7, 11) is 0. The van der Waals surface area contributed by atoms with E-state index in [9.17, 15) is 0 Å². The molecular weight excluding hydrogens is 218 g/mol. The van der Waals surface area contributed by atoms with Crippen LogP contribution in [-0.4, -0.2) is 11.2 Å². The standard InChI is InChI=1S/C12H15N3S/c1-9(2)15-12(16)14-8-11-5-3-10(7-13)4-6-11/h3-6,9H,8H2,1-2H3,(H2,14,15,16). The van der Waals surface area contributed by atoms with Crippen molar-refractivity contribution >= 4 is 17.3 Å². The smallest absolute Gasteiger partial charge is 0.166 e. The quantitative estimate of drug-likeness (QED) is 0.783. The molecule has 2 N–H and O–H groups in total. The summed E-state index contributed by atoms with van der Waals surface area (Å²) in [5.74, 6) is 0. The molecule has 3 nitrogen and oxygen atoms in total. The Bertz CT molecular complexity index is 390. The van der Waals surface area contributed by atoms with E-state index in [-0.39, 0.29) is 0 Å². The summed E-state index contributed by atoms with van der Waals surface area (Å²) < 4.78 is 0. The zero-order chi connectivity index (χ0) is 12.0. The Balaban J connectivity index is 2.43. The second-order valence-electron chi connectivity index (χ2n) is 3.79. The van der Waals surface area contributed by atoms with Crippen molar-refractivity contribution < 1.29 is 0 Å². The van der Waals surface area contributed by atoms with Crippen LogP contribution in [-0.2, 0) is 6.54 Å². The van der Waals surface area contributed by atoms with Crippen LogP contribution in [0.1, 0.15) is 25.0 Å². The molecule has 0 aliphatic heterocycles. The molecule has 0 heterocycles. The van der Waals surface area contributed by atoms with E-state index < -0.39 is 0 Å². The zero-order valence-electron chi connectivity index (χ0n) is 9.45. The Morgan fingerprint density at radius 2 is 2.00 bits per heavy atom. The molecule has 0 aliphatic rings. The highest BCUT2D eigenvalue weighted by Crippen LogP contribution is 2.02. The number of thiocarbonyl (C=S) groups is 1. The Labute approximate surface area is 101 Å². The number of nitriles is 1. The predicted molar refractivity (Wildman–Crippen MR) is 68.9 cm³/mol. The van der Waals surface area contributed by atoms with Gasteiger partial charge in [0.1, 0.15) is 0 Å². The van der Waals surface area contributed by atoms with Crippen LogP contribution in [0.25, 0.3) is 0 Å². The largest absolute Gasteiger partial charge is 0.361 e. The third-order valence-electron chi connectivity index (χ3n) is 1.96. The van der Waals surface area contributed by atoms with Gasteiger partial charge in [0.25, 0.3) is 0 Å². The maximum Gasteiger partial charge on any atom is 0.166 e. The molecule has 0 spiro atoms. The Hall–Kier alpha value is -1.60. The monoisotopic (exact) mass is 233 g/mol. The summed E-state index contributed by atoms with van der Waals surface area (Å²) in [5, 5.41) is 15.5. The summed E-state index contributed by atoms with van der Waals surface area (Å²) in [4.78, 5) is 0. The van der Waals surface area contributed by atoms with Crippen LogP contribution >= 0.6 is 12.2 Å². The molecule has 0 fully saturated rings. The lowest BCUT2D eigenvalue weighted by atomic mass is 10.1. The molecule has 0 amide bonds. The molecule has 0 atom stereocenters. The number of nitrogens with zero attached hydrogens (tertiary/aromatic N) is 1. The van der Waals surface area contributed by atoms with Crippen LogP contribution in [0.2, 0.25) is 0 Å². The molecule has 1 aromatic carbocycles. The summed E-state index contributed by atoms with van der Waals surface area (Å²) in [6.45, 7) is 4.75. The normalized spacial score (nSPS) is 9.62. The third kappa shape index (κ3) is 4.28. The predicted octanol–water partition coefficient (Wildman–Crippen LogP) is 1.93. The third-order valence-corrected chi connectivity index (χ3v) is 2.22. The molecule has 0 saturated heterocycles. The van der Waals surface area contributed by atoms with Gasteiger partial charge in [-0.3, -0.25) is 0 Å². The van der Waals surface area contributed by atoms with Crippen LogP contribution in [0.15, 0.2) is 24.3 Å². The summed E-state index contributed by atoms with van der Waals surface area (Å²) in [6, 6.07) is 9.86. The molecule has 0 saturated carbocycles.